The number of fused-ring (bicyclic) bond motifs is 1. The highest BCUT2D eigenvalue weighted by molar-refractivity contribution is 5.96. The van der Waals surface area contributed by atoms with E-state index in [1.165, 1.54) is 18.2 Å². The molecule has 0 aliphatic carbocycles. The molecule has 1 aromatic heterocycles. The standard InChI is InChI=1S/C21H20N2O7/c1-12-3-5-16-14(9-19(25)30-20(16)13(12)2)11-29-21(26)17-10-15(23(27)28)4-6-18(17)22-7-8-24/h3-6,9-10,22,24H,7-8,11H2,1-2H3. The van der Waals surface area contributed by atoms with Crippen molar-refractivity contribution >= 4 is 28.3 Å². The van der Waals surface area contributed by atoms with Gasteiger partial charge in [0.25, 0.3) is 5.69 Å². The fraction of sp³-hybridized carbons (Fsp3) is 0.238. The molecule has 0 atom stereocenters. The number of carbonyl (C=O) groups is 1. The Morgan fingerprint density at radius 1 is 1.23 bits per heavy atom. The number of non-ortho nitro benzene ring substituents is 1. The van der Waals surface area contributed by atoms with Gasteiger partial charge in [0.2, 0.25) is 0 Å². The van der Waals surface area contributed by atoms with Gasteiger partial charge in [0.1, 0.15) is 12.2 Å². The van der Waals surface area contributed by atoms with Crippen LogP contribution in [0.25, 0.3) is 11.0 Å². The molecule has 0 aliphatic rings. The second-order valence-electron chi connectivity index (χ2n) is 6.69. The summed E-state index contributed by atoms with van der Waals surface area (Å²) in [5.74, 6) is -0.802. The number of aliphatic hydroxyl groups is 1. The second kappa shape index (κ2) is 8.75. The number of aliphatic hydroxyl groups excluding tert-OH is 1. The Hall–Kier alpha value is -3.72. The number of ether oxygens (including phenoxy) is 1. The molecule has 0 saturated heterocycles. The lowest BCUT2D eigenvalue weighted by atomic mass is 10.0. The molecule has 0 fully saturated rings. The zero-order chi connectivity index (χ0) is 21.8. The molecule has 3 aromatic rings. The van der Waals surface area contributed by atoms with Crippen molar-refractivity contribution in [3.05, 3.63) is 79.2 Å². The molecule has 0 saturated carbocycles. The van der Waals surface area contributed by atoms with Crippen LogP contribution >= 0.6 is 0 Å². The number of nitrogens with one attached hydrogen (secondary N) is 1. The van der Waals surface area contributed by atoms with E-state index in [-0.39, 0.29) is 31.0 Å². The summed E-state index contributed by atoms with van der Waals surface area (Å²) in [5.41, 5.74) is 2.07. The smallest absolute Gasteiger partial charge is 0.340 e. The van der Waals surface area contributed by atoms with Gasteiger partial charge in [-0.1, -0.05) is 12.1 Å². The summed E-state index contributed by atoms with van der Waals surface area (Å²) >= 11 is 0. The highest BCUT2D eigenvalue weighted by Crippen LogP contribution is 2.26. The van der Waals surface area contributed by atoms with Crippen LogP contribution in [-0.2, 0) is 11.3 Å². The van der Waals surface area contributed by atoms with E-state index in [1.807, 2.05) is 19.9 Å². The Balaban J connectivity index is 1.92. The van der Waals surface area contributed by atoms with Crippen LogP contribution in [0.3, 0.4) is 0 Å². The van der Waals surface area contributed by atoms with Gasteiger partial charge in [-0.05, 0) is 31.0 Å². The lowest BCUT2D eigenvalue weighted by molar-refractivity contribution is -0.384. The summed E-state index contributed by atoms with van der Waals surface area (Å²) in [5, 5.41) is 23.5. The van der Waals surface area contributed by atoms with Gasteiger partial charge >= 0.3 is 11.6 Å². The fourth-order valence-electron chi connectivity index (χ4n) is 3.02. The lowest BCUT2D eigenvalue weighted by Crippen LogP contribution is -2.13. The van der Waals surface area contributed by atoms with Crippen molar-refractivity contribution in [3.63, 3.8) is 0 Å². The first kappa shape index (κ1) is 21.0. The number of aryl methyl sites for hydroxylation is 2. The van der Waals surface area contributed by atoms with Crippen molar-refractivity contribution in [2.45, 2.75) is 20.5 Å². The maximum atomic E-state index is 12.7. The summed E-state index contributed by atoms with van der Waals surface area (Å²) in [7, 11) is 0. The van der Waals surface area contributed by atoms with Gasteiger partial charge in [0.05, 0.1) is 17.1 Å². The number of nitro benzene ring substituents is 1. The number of nitrogens with zero attached hydrogens (tertiary/aromatic N) is 1. The third-order valence-corrected chi connectivity index (χ3v) is 4.74. The van der Waals surface area contributed by atoms with Crippen molar-refractivity contribution in [1.82, 2.24) is 0 Å². The van der Waals surface area contributed by atoms with Gasteiger partial charge in [-0.25, -0.2) is 9.59 Å². The summed E-state index contributed by atoms with van der Waals surface area (Å²) in [6.45, 7) is 3.48. The summed E-state index contributed by atoms with van der Waals surface area (Å²) < 4.78 is 10.7. The van der Waals surface area contributed by atoms with E-state index in [4.69, 9.17) is 14.3 Å². The maximum absolute atomic E-state index is 12.7. The molecule has 0 radical (unpaired) electrons. The molecule has 0 unspecified atom stereocenters. The van der Waals surface area contributed by atoms with E-state index in [1.54, 1.807) is 6.07 Å². The Bertz CT molecular complexity index is 1180. The molecule has 1 heterocycles. The molecule has 0 amide bonds. The molecule has 2 N–H and O–H groups in total. The van der Waals surface area contributed by atoms with Crippen LogP contribution in [0.5, 0.6) is 0 Å². The Morgan fingerprint density at radius 3 is 2.70 bits per heavy atom. The number of esters is 1. The molecule has 3 rings (SSSR count). The Labute approximate surface area is 171 Å². The predicted molar refractivity (Wildman–Crippen MR) is 110 cm³/mol. The summed E-state index contributed by atoms with van der Waals surface area (Å²) in [6.07, 6.45) is 0. The van der Waals surface area contributed by atoms with Gasteiger partial charge in [0.15, 0.2) is 0 Å². The topological polar surface area (TPSA) is 132 Å². The van der Waals surface area contributed by atoms with Crippen molar-refractivity contribution in [3.8, 4) is 0 Å². The van der Waals surface area contributed by atoms with E-state index >= 15 is 0 Å². The number of hydrogen-bond donors (Lipinski definition) is 2. The molecule has 0 spiro atoms. The van der Waals surface area contributed by atoms with E-state index in [9.17, 15) is 19.7 Å². The number of benzene rings is 2. The number of hydrogen-bond acceptors (Lipinski definition) is 8. The molecule has 2 aromatic carbocycles. The Kier molecular flexibility index (Phi) is 6.12. The van der Waals surface area contributed by atoms with E-state index < -0.39 is 16.5 Å². The van der Waals surface area contributed by atoms with Crippen LogP contribution in [0, 0.1) is 24.0 Å². The SMILES string of the molecule is Cc1ccc2c(COC(=O)c3cc([N+](=O)[O-])ccc3NCCO)cc(=O)oc2c1C. The summed E-state index contributed by atoms with van der Waals surface area (Å²) in [6, 6.07) is 8.64. The lowest BCUT2D eigenvalue weighted by Gasteiger charge is -2.12. The van der Waals surface area contributed by atoms with Crippen LogP contribution in [0.15, 0.2) is 45.6 Å². The van der Waals surface area contributed by atoms with Gasteiger partial charge in [-0.15, -0.1) is 0 Å². The number of anilines is 1. The first-order valence-corrected chi connectivity index (χ1v) is 9.15. The van der Waals surface area contributed by atoms with Crippen LogP contribution < -0.4 is 10.9 Å². The van der Waals surface area contributed by atoms with Gasteiger partial charge in [0, 0.05) is 41.4 Å². The first-order chi connectivity index (χ1) is 14.3. The second-order valence-corrected chi connectivity index (χ2v) is 6.69. The average molecular weight is 412 g/mol. The summed E-state index contributed by atoms with van der Waals surface area (Å²) in [4.78, 5) is 35.1. The molecule has 9 heteroatoms. The van der Waals surface area contributed by atoms with Crippen molar-refractivity contribution < 1.29 is 24.0 Å². The molecule has 9 nitrogen and oxygen atoms in total. The van der Waals surface area contributed by atoms with Crippen LogP contribution in [0.2, 0.25) is 0 Å². The minimum absolute atomic E-state index is 0.0445. The van der Waals surface area contributed by atoms with Gasteiger partial charge in [-0.3, -0.25) is 10.1 Å². The minimum atomic E-state index is -0.802. The predicted octanol–water partition coefficient (Wildman–Crippen LogP) is 3.08. The van der Waals surface area contributed by atoms with E-state index in [2.05, 4.69) is 5.32 Å². The molecular weight excluding hydrogens is 392 g/mol. The molecule has 30 heavy (non-hydrogen) atoms. The normalized spacial score (nSPS) is 10.8. The highest BCUT2D eigenvalue weighted by atomic mass is 16.6. The number of carbonyl (C=O) groups excluding carboxylic acids is 1. The maximum Gasteiger partial charge on any atom is 0.340 e. The molecular formula is C21H20N2O7. The largest absolute Gasteiger partial charge is 0.457 e. The molecule has 156 valence electrons. The van der Waals surface area contributed by atoms with E-state index in [0.717, 1.165) is 17.2 Å². The van der Waals surface area contributed by atoms with E-state index in [0.29, 0.717) is 22.2 Å². The van der Waals surface area contributed by atoms with Crippen molar-refractivity contribution in [2.24, 2.45) is 0 Å². The average Bonchev–Trinajstić information content (AvgIpc) is 2.73. The van der Waals surface area contributed by atoms with Crippen LogP contribution in [-0.4, -0.2) is 29.2 Å². The number of rotatable bonds is 7. The molecule has 0 aliphatic heterocycles. The van der Waals surface area contributed by atoms with Crippen LogP contribution in [0.4, 0.5) is 11.4 Å². The highest BCUT2D eigenvalue weighted by Gasteiger charge is 2.19. The fourth-order valence-corrected chi connectivity index (χ4v) is 3.02. The third kappa shape index (κ3) is 4.31. The monoisotopic (exact) mass is 412 g/mol. The first-order valence-electron chi connectivity index (χ1n) is 9.15. The molecule has 0 bridgehead atoms. The van der Waals surface area contributed by atoms with Gasteiger partial charge < -0.3 is 19.6 Å². The number of nitro groups is 1. The van der Waals surface area contributed by atoms with Crippen molar-refractivity contribution in [2.75, 3.05) is 18.5 Å². The third-order valence-electron chi connectivity index (χ3n) is 4.74. The van der Waals surface area contributed by atoms with Crippen LogP contribution in [0.1, 0.15) is 27.0 Å². The zero-order valence-electron chi connectivity index (χ0n) is 16.4. The Morgan fingerprint density at radius 2 is 2.00 bits per heavy atom. The zero-order valence-corrected chi connectivity index (χ0v) is 16.4. The van der Waals surface area contributed by atoms with Crippen molar-refractivity contribution in [1.29, 1.82) is 0 Å². The quantitative estimate of drug-likeness (QED) is 0.262. The van der Waals surface area contributed by atoms with Gasteiger partial charge in [-0.2, -0.15) is 0 Å². The minimum Gasteiger partial charge on any atom is -0.457 e.